The first kappa shape index (κ1) is 12.6. The molecule has 1 amide bonds. The number of carbonyl (C=O) groups excluding carboxylic acids is 1. The lowest BCUT2D eigenvalue weighted by molar-refractivity contribution is 0.0938. The summed E-state index contributed by atoms with van der Waals surface area (Å²) in [6.45, 7) is 8.69. The average Bonchev–Trinajstić information content (AvgIpc) is 2.62. The molecular formula is C13H17BrN2O. The highest BCUT2D eigenvalue weighted by atomic mass is 79.9. The minimum atomic E-state index is -0.0962. The van der Waals surface area contributed by atoms with Crippen LogP contribution in [0.2, 0.25) is 0 Å². The zero-order chi connectivity index (χ0) is 12.8. The molecule has 0 aromatic carbocycles. The lowest BCUT2D eigenvalue weighted by atomic mass is 10.0. The number of hydrogen-bond acceptors (Lipinski definition) is 2. The van der Waals surface area contributed by atoms with Crippen molar-refractivity contribution in [1.82, 2.24) is 10.3 Å². The Balaban J connectivity index is 2.07. The summed E-state index contributed by atoms with van der Waals surface area (Å²) in [6.07, 6.45) is 1.64. The van der Waals surface area contributed by atoms with Crippen molar-refractivity contribution in [2.24, 2.45) is 10.8 Å². The van der Waals surface area contributed by atoms with Crippen molar-refractivity contribution in [2.45, 2.75) is 33.7 Å². The first-order valence-electron chi connectivity index (χ1n) is 5.69. The van der Waals surface area contributed by atoms with Gasteiger partial charge < -0.3 is 5.32 Å². The number of nitrogens with one attached hydrogen (secondary N) is 1. The van der Waals surface area contributed by atoms with Crippen molar-refractivity contribution < 1.29 is 4.79 Å². The van der Waals surface area contributed by atoms with Gasteiger partial charge in [0.1, 0.15) is 5.69 Å². The van der Waals surface area contributed by atoms with Gasteiger partial charge >= 0.3 is 0 Å². The van der Waals surface area contributed by atoms with Gasteiger partial charge in [0.05, 0.1) is 0 Å². The van der Waals surface area contributed by atoms with Crippen LogP contribution in [0.1, 0.15) is 38.2 Å². The van der Waals surface area contributed by atoms with Crippen LogP contribution in [-0.4, -0.2) is 16.9 Å². The molecule has 1 aliphatic carbocycles. The maximum Gasteiger partial charge on any atom is 0.270 e. The van der Waals surface area contributed by atoms with E-state index in [1.165, 1.54) is 0 Å². The Hall–Kier alpha value is -0.900. The largest absolute Gasteiger partial charge is 0.347 e. The van der Waals surface area contributed by atoms with E-state index in [1.54, 1.807) is 12.3 Å². The summed E-state index contributed by atoms with van der Waals surface area (Å²) in [5.74, 6) is -0.0962. The predicted molar refractivity (Wildman–Crippen MR) is 70.8 cm³/mol. The summed E-state index contributed by atoms with van der Waals surface area (Å²) in [5, 5.41) is 3.05. The second-order valence-electron chi connectivity index (χ2n) is 5.71. The topological polar surface area (TPSA) is 42.0 Å². The lowest BCUT2D eigenvalue weighted by Gasteiger charge is -2.06. The van der Waals surface area contributed by atoms with Crippen molar-refractivity contribution in [3.63, 3.8) is 0 Å². The molecule has 0 saturated heterocycles. The Morgan fingerprint density at radius 2 is 1.88 bits per heavy atom. The zero-order valence-corrected chi connectivity index (χ0v) is 12.1. The SMILES string of the molecule is CC1(C)C(NC(=O)c2ccc(Br)cn2)C1(C)C. The van der Waals surface area contributed by atoms with E-state index < -0.39 is 0 Å². The number of nitrogens with zero attached hydrogens (tertiary/aromatic N) is 1. The van der Waals surface area contributed by atoms with Crippen molar-refractivity contribution >= 4 is 21.8 Å². The molecule has 0 bridgehead atoms. The Labute approximate surface area is 110 Å². The van der Waals surface area contributed by atoms with Gasteiger partial charge in [0, 0.05) is 16.7 Å². The minimum Gasteiger partial charge on any atom is -0.347 e. The van der Waals surface area contributed by atoms with Crippen molar-refractivity contribution in [1.29, 1.82) is 0 Å². The Bertz CT molecular complexity index is 437. The van der Waals surface area contributed by atoms with Crippen LogP contribution < -0.4 is 5.32 Å². The number of rotatable bonds is 2. The molecule has 0 aliphatic heterocycles. The molecule has 0 unspecified atom stereocenters. The van der Waals surface area contributed by atoms with Crippen LogP contribution in [0, 0.1) is 10.8 Å². The van der Waals surface area contributed by atoms with Gasteiger partial charge in [-0.25, -0.2) is 4.98 Å². The van der Waals surface area contributed by atoms with Crippen molar-refractivity contribution in [3.8, 4) is 0 Å². The van der Waals surface area contributed by atoms with Crippen LogP contribution in [0.25, 0.3) is 0 Å². The Kier molecular flexibility index (Phi) is 2.81. The summed E-state index contributed by atoms with van der Waals surface area (Å²) in [5.41, 5.74) is 0.766. The van der Waals surface area contributed by atoms with Crippen molar-refractivity contribution in [3.05, 3.63) is 28.5 Å². The van der Waals surface area contributed by atoms with Crippen LogP contribution in [0.5, 0.6) is 0 Å². The van der Waals surface area contributed by atoms with Gasteiger partial charge in [0.15, 0.2) is 0 Å². The maximum absolute atomic E-state index is 12.0. The van der Waals surface area contributed by atoms with E-state index in [4.69, 9.17) is 0 Å². The van der Waals surface area contributed by atoms with Crippen LogP contribution in [0.15, 0.2) is 22.8 Å². The van der Waals surface area contributed by atoms with Crippen LogP contribution in [-0.2, 0) is 0 Å². The van der Waals surface area contributed by atoms with Crippen LogP contribution in [0.4, 0.5) is 0 Å². The summed E-state index contributed by atoms with van der Waals surface area (Å²) >= 11 is 3.30. The first-order valence-corrected chi connectivity index (χ1v) is 6.48. The van der Waals surface area contributed by atoms with Gasteiger partial charge in [-0.2, -0.15) is 0 Å². The molecule has 17 heavy (non-hydrogen) atoms. The van der Waals surface area contributed by atoms with E-state index in [9.17, 15) is 4.79 Å². The molecule has 1 N–H and O–H groups in total. The summed E-state index contributed by atoms with van der Waals surface area (Å²) in [4.78, 5) is 16.1. The van der Waals surface area contributed by atoms with E-state index in [0.717, 1.165) is 4.47 Å². The second-order valence-corrected chi connectivity index (χ2v) is 6.63. The molecule has 1 aromatic rings. The second kappa shape index (κ2) is 3.80. The Morgan fingerprint density at radius 1 is 1.29 bits per heavy atom. The highest BCUT2D eigenvalue weighted by Crippen LogP contribution is 2.62. The maximum atomic E-state index is 12.0. The fraction of sp³-hybridized carbons (Fsp3) is 0.538. The summed E-state index contributed by atoms with van der Waals surface area (Å²) < 4.78 is 0.876. The molecule has 1 aromatic heterocycles. The molecule has 1 aliphatic rings. The van der Waals surface area contributed by atoms with E-state index in [0.29, 0.717) is 5.69 Å². The fourth-order valence-electron chi connectivity index (χ4n) is 2.27. The highest BCUT2D eigenvalue weighted by Gasteiger charge is 2.65. The third-order valence-electron chi connectivity index (χ3n) is 4.26. The van der Waals surface area contributed by atoms with Crippen molar-refractivity contribution in [2.75, 3.05) is 0 Å². The third kappa shape index (κ3) is 1.99. The zero-order valence-electron chi connectivity index (χ0n) is 10.5. The molecule has 0 spiro atoms. The standard InChI is InChI=1S/C13H17BrN2O/c1-12(2)11(13(12,3)4)16-10(17)9-6-5-8(14)7-15-9/h5-7,11H,1-4H3,(H,16,17). The van der Waals surface area contributed by atoms with Gasteiger partial charge in [-0.1, -0.05) is 27.7 Å². The average molecular weight is 297 g/mol. The van der Waals surface area contributed by atoms with Gasteiger partial charge in [0.2, 0.25) is 0 Å². The van der Waals surface area contributed by atoms with E-state index in [-0.39, 0.29) is 22.8 Å². The predicted octanol–water partition coefficient (Wildman–Crippen LogP) is 3.01. The van der Waals surface area contributed by atoms with Gasteiger partial charge in [-0.3, -0.25) is 4.79 Å². The number of hydrogen-bond donors (Lipinski definition) is 1. The molecule has 0 atom stereocenters. The molecule has 2 rings (SSSR count). The fourth-order valence-corrected chi connectivity index (χ4v) is 2.51. The number of carbonyl (C=O) groups is 1. The summed E-state index contributed by atoms with van der Waals surface area (Å²) in [6, 6.07) is 3.76. The quantitative estimate of drug-likeness (QED) is 0.911. The monoisotopic (exact) mass is 296 g/mol. The molecule has 0 radical (unpaired) electrons. The van der Waals surface area contributed by atoms with Gasteiger partial charge in [-0.15, -0.1) is 0 Å². The lowest BCUT2D eigenvalue weighted by Crippen LogP contribution is -2.30. The third-order valence-corrected chi connectivity index (χ3v) is 4.73. The first-order chi connectivity index (χ1) is 7.76. The highest BCUT2D eigenvalue weighted by molar-refractivity contribution is 9.10. The van der Waals surface area contributed by atoms with E-state index in [1.807, 2.05) is 6.07 Å². The summed E-state index contributed by atoms with van der Waals surface area (Å²) in [7, 11) is 0. The number of halogens is 1. The molecule has 92 valence electrons. The molecule has 1 saturated carbocycles. The van der Waals surface area contributed by atoms with E-state index >= 15 is 0 Å². The van der Waals surface area contributed by atoms with Gasteiger partial charge in [0.25, 0.3) is 5.91 Å². The van der Waals surface area contributed by atoms with E-state index in [2.05, 4.69) is 53.9 Å². The van der Waals surface area contributed by atoms with Crippen LogP contribution >= 0.6 is 15.9 Å². The number of pyridine rings is 1. The molecule has 3 nitrogen and oxygen atoms in total. The molecule has 4 heteroatoms. The number of aromatic nitrogens is 1. The molecular weight excluding hydrogens is 280 g/mol. The Morgan fingerprint density at radius 3 is 2.29 bits per heavy atom. The van der Waals surface area contributed by atoms with Crippen LogP contribution in [0.3, 0.4) is 0 Å². The minimum absolute atomic E-state index is 0.0962. The molecule has 1 heterocycles. The number of amides is 1. The molecule has 1 fully saturated rings. The normalized spacial score (nSPS) is 21.0. The smallest absolute Gasteiger partial charge is 0.270 e. The van der Waals surface area contributed by atoms with Gasteiger partial charge in [-0.05, 0) is 38.9 Å².